The maximum atomic E-state index is 4.54. The van der Waals surface area contributed by atoms with Gasteiger partial charge in [-0.3, -0.25) is 14.3 Å². The van der Waals surface area contributed by atoms with Gasteiger partial charge in [0, 0.05) is 36.7 Å². The van der Waals surface area contributed by atoms with Gasteiger partial charge in [0.05, 0.1) is 18.8 Å². The van der Waals surface area contributed by atoms with Crippen molar-refractivity contribution in [3.63, 3.8) is 0 Å². The van der Waals surface area contributed by atoms with Crippen LogP contribution in [0.4, 0.5) is 0 Å². The molecule has 3 rings (SSSR count). The SMILES string of the molecule is C=CCn1cc(CN2CCC[C@@H]2Cn2cccn2)c(C)n1. The molecule has 0 amide bonds. The van der Waals surface area contributed by atoms with Gasteiger partial charge in [-0.1, -0.05) is 6.08 Å². The Morgan fingerprint density at radius 3 is 3.10 bits per heavy atom. The smallest absolute Gasteiger partial charge is 0.0638 e. The van der Waals surface area contributed by atoms with E-state index < -0.39 is 0 Å². The highest BCUT2D eigenvalue weighted by molar-refractivity contribution is 5.16. The average molecular weight is 285 g/mol. The fourth-order valence-corrected chi connectivity index (χ4v) is 3.09. The third-order valence-corrected chi connectivity index (χ3v) is 4.19. The molecule has 1 atom stereocenters. The maximum Gasteiger partial charge on any atom is 0.0638 e. The van der Waals surface area contributed by atoms with Crippen molar-refractivity contribution in [2.24, 2.45) is 0 Å². The van der Waals surface area contributed by atoms with Crippen LogP contribution in [-0.2, 0) is 19.6 Å². The van der Waals surface area contributed by atoms with E-state index in [4.69, 9.17) is 0 Å². The van der Waals surface area contributed by atoms with E-state index in [1.807, 2.05) is 33.9 Å². The minimum absolute atomic E-state index is 0.576. The molecule has 2 aromatic rings. The summed E-state index contributed by atoms with van der Waals surface area (Å²) in [6, 6.07) is 2.56. The first-order valence-electron chi connectivity index (χ1n) is 7.61. The van der Waals surface area contributed by atoms with Crippen molar-refractivity contribution in [3.05, 3.63) is 48.6 Å². The number of rotatable bonds is 6. The summed E-state index contributed by atoms with van der Waals surface area (Å²) in [6.07, 6.45) is 10.4. The molecule has 0 unspecified atom stereocenters. The molecule has 1 aliphatic rings. The van der Waals surface area contributed by atoms with Gasteiger partial charge >= 0.3 is 0 Å². The molecule has 0 spiro atoms. The lowest BCUT2D eigenvalue weighted by atomic mass is 10.2. The summed E-state index contributed by atoms with van der Waals surface area (Å²) in [4.78, 5) is 2.56. The lowest BCUT2D eigenvalue weighted by molar-refractivity contribution is 0.219. The van der Waals surface area contributed by atoms with E-state index in [-0.39, 0.29) is 0 Å². The van der Waals surface area contributed by atoms with Crippen LogP contribution in [0, 0.1) is 6.92 Å². The second-order valence-electron chi connectivity index (χ2n) is 5.75. The molecular formula is C16H23N5. The van der Waals surface area contributed by atoms with Crippen LogP contribution < -0.4 is 0 Å². The van der Waals surface area contributed by atoms with E-state index in [9.17, 15) is 0 Å². The zero-order chi connectivity index (χ0) is 14.7. The van der Waals surface area contributed by atoms with Crippen molar-refractivity contribution in [2.75, 3.05) is 6.54 Å². The molecule has 0 bridgehead atoms. The Bertz CT molecular complexity index is 584. The van der Waals surface area contributed by atoms with Crippen LogP contribution in [0.1, 0.15) is 24.1 Å². The molecule has 112 valence electrons. The molecule has 0 saturated carbocycles. The molecule has 1 fully saturated rings. The number of allylic oxidation sites excluding steroid dienone is 1. The molecule has 3 heterocycles. The molecule has 21 heavy (non-hydrogen) atoms. The van der Waals surface area contributed by atoms with Crippen molar-refractivity contribution in [3.8, 4) is 0 Å². The van der Waals surface area contributed by atoms with Gasteiger partial charge in [-0.2, -0.15) is 10.2 Å². The average Bonchev–Trinajstić information content (AvgIpc) is 3.16. The fourth-order valence-electron chi connectivity index (χ4n) is 3.09. The van der Waals surface area contributed by atoms with Crippen LogP contribution in [-0.4, -0.2) is 37.0 Å². The first kappa shape index (κ1) is 14.1. The van der Waals surface area contributed by atoms with E-state index >= 15 is 0 Å². The highest BCUT2D eigenvalue weighted by Gasteiger charge is 2.25. The Balaban J connectivity index is 1.67. The van der Waals surface area contributed by atoms with Crippen molar-refractivity contribution in [2.45, 2.75) is 45.4 Å². The van der Waals surface area contributed by atoms with Gasteiger partial charge in [-0.15, -0.1) is 6.58 Å². The first-order chi connectivity index (χ1) is 10.3. The first-order valence-corrected chi connectivity index (χ1v) is 7.61. The van der Waals surface area contributed by atoms with Gasteiger partial charge in [0.1, 0.15) is 0 Å². The summed E-state index contributed by atoms with van der Waals surface area (Å²) in [6.45, 7) is 9.76. The highest BCUT2D eigenvalue weighted by Crippen LogP contribution is 2.22. The third-order valence-electron chi connectivity index (χ3n) is 4.19. The number of nitrogens with zero attached hydrogens (tertiary/aromatic N) is 5. The van der Waals surface area contributed by atoms with Crippen molar-refractivity contribution < 1.29 is 0 Å². The Morgan fingerprint density at radius 1 is 1.43 bits per heavy atom. The number of likely N-dealkylation sites (tertiary alicyclic amines) is 1. The second kappa shape index (κ2) is 6.26. The minimum atomic E-state index is 0.576. The summed E-state index contributed by atoms with van der Waals surface area (Å²) < 4.78 is 4.01. The van der Waals surface area contributed by atoms with Crippen LogP contribution in [0.15, 0.2) is 37.3 Å². The van der Waals surface area contributed by atoms with Crippen LogP contribution in [0.25, 0.3) is 0 Å². The van der Waals surface area contributed by atoms with Gasteiger partial charge in [0.15, 0.2) is 0 Å². The lowest BCUT2D eigenvalue weighted by Crippen LogP contribution is -2.32. The maximum absolute atomic E-state index is 4.54. The standard InChI is InChI=1S/C16H23N5/c1-3-8-21-12-15(14(2)18-21)11-19-9-4-6-16(19)13-20-10-5-7-17-20/h3,5,7,10,12,16H,1,4,6,8-9,11,13H2,2H3/t16-/m1/s1. The number of aryl methyl sites for hydroxylation is 1. The van der Waals surface area contributed by atoms with E-state index in [2.05, 4.69) is 34.8 Å². The highest BCUT2D eigenvalue weighted by atomic mass is 15.3. The monoisotopic (exact) mass is 285 g/mol. The number of hydrogen-bond donors (Lipinski definition) is 0. The van der Waals surface area contributed by atoms with Gasteiger partial charge in [-0.05, 0) is 32.4 Å². The van der Waals surface area contributed by atoms with E-state index in [0.29, 0.717) is 6.04 Å². The molecule has 0 radical (unpaired) electrons. The molecule has 5 heteroatoms. The van der Waals surface area contributed by atoms with Gasteiger partial charge in [0.25, 0.3) is 0 Å². The van der Waals surface area contributed by atoms with E-state index in [1.165, 1.54) is 18.4 Å². The second-order valence-corrected chi connectivity index (χ2v) is 5.75. The Kier molecular flexibility index (Phi) is 4.20. The minimum Gasteiger partial charge on any atom is -0.294 e. The molecule has 0 aromatic carbocycles. The third kappa shape index (κ3) is 3.24. The predicted octanol–water partition coefficient (Wildman–Crippen LogP) is 2.24. The van der Waals surface area contributed by atoms with Gasteiger partial charge < -0.3 is 0 Å². The quantitative estimate of drug-likeness (QED) is 0.764. The summed E-state index contributed by atoms with van der Waals surface area (Å²) in [5.74, 6) is 0. The number of aromatic nitrogens is 4. The molecular weight excluding hydrogens is 262 g/mol. The van der Waals surface area contributed by atoms with Crippen LogP contribution >= 0.6 is 0 Å². The van der Waals surface area contributed by atoms with Crippen LogP contribution in [0.5, 0.6) is 0 Å². The molecule has 1 saturated heterocycles. The topological polar surface area (TPSA) is 38.9 Å². The lowest BCUT2D eigenvalue weighted by Gasteiger charge is -2.24. The molecule has 0 N–H and O–H groups in total. The zero-order valence-corrected chi connectivity index (χ0v) is 12.6. The fraction of sp³-hybridized carbons (Fsp3) is 0.500. The van der Waals surface area contributed by atoms with Crippen molar-refractivity contribution in [1.29, 1.82) is 0 Å². The normalized spacial score (nSPS) is 19.2. The summed E-state index contributed by atoms with van der Waals surface area (Å²) in [5.41, 5.74) is 2.45. The summed E-state index contributed by atoms with van der Waals surface area (Å²) >= 11 is 0. The Hall–Kier alpha value is -1.88. The Morgan fingerprint density at radius 2 is 2.33 bits per heavy atom. The van der Waals surface area contributed by atoms with Crippen LogP contribution in [0.2, 0.25) is 0 Å². The molecule has 0 aliphatic carbocycles. The Labute approximate surface area is 125 Å². The van der Waals surface area contributed by atoms with Crippen molar-refractivity contribution in [1.82, 2.24) is 24.5 Å². The van der Waals surface area contributed by atoms with Crippen LogP contribution in [0.3, 0.4) is 0 Å². The zero-order valence-electron chi connectivity index (χ0n) is 12.6. The summed E-state index contributed by atoms with van der Waals surface area (Å²) in [7, 11) is 0. The van der Waals surface area contributed by atoms with E-state index in [1.54, 1.807) is 0 Å². The summed E-state index contributed by atoms with van der Waals surface area (Å²) in [5, 5.41) is 8.87. The van der Waals surface area contributed by atoms with Crippen molar-refractivity contribution >= 4 is 0 Å². The van der Waals surface area contributed by atoms with Gasteiger partial charge in [-0.25, -0.2) is 0 Å². The number of hydrogen-bond acceptors (Lipinski definition) is 3. The van der Waals surface area contributed by atoms with Gasteiger partial charge in [0.2, 0.25) is 0 Å². The predicted molar refractivity (Wildman–Crippen MR) is 82.8 cm³/mol. The molecule has 5 nitrogen and oxygen atoms in total. The molecule has 2 aromatic heterocycles. The molecule has 1 aliphatic heterocycles. The van der Waals surface area contributed by atoms with E-state index in [0.717, 1.165) is 31.9 Å². The largest absolute Gasteiger partial charge is 0.294 e.